The molecule has 6 heteroatoms. The molecule has 1 aromatic heterocycles. The first-order chi connectivity index (χ1) is 13.0. The second kappa shape index (κ2) is 8.85. The van der Waals surface area contributed by atoms with Gasteiger partial charge in [0.25, 0.3) is 11.5 Å². The van der Waals surface area contributed by atoms with E-state index in [1.165, 1.54) is 17.4 Å². The zero-order chi connectivity index (χ0) is 19.4. The summed E-state index contributed by atoms with van der Waals surface area (Å²) in [5.41, 5.74) is 2.17. The summed E-state index contributed by atoms with van der Waals surface area (Å²) in [7, 11) is 5.33. The highest BCUT2D eigenvalue weighted by Crippen LogP contribution is 2.23. The van der Waals surface area contributed by atoms with Crippen molar-refractivity contribution in [3.63, 3.8) is 0 Å². The SMILES string of the molecule is COCCN1CCC(CCN(C)C(=O)c2cn(C)c(=O)c3c2C=CC3)CC1. The molecule has 0 spiro atoms. The first kappa shape index (κ1) is 19.8. The quantitative estimate of drug-likeness (QED) is 0.731. The van der Waals surface area contributed by atoms with Crippen LogP contribution in [0.2, 0.25) is 0 Å². The van der Waals surface area contributed by atoms with Gasteiger partial charge < -0.3 is 19.1 Å². The van der Waals surface area contributed by atoms with Gasteiger partial charge in [-0.3, -0.25) is 9.59 Å². The van der Waals surface area contributed by atoms with E-state index in [1.807, 2.05) is 24.1 Å². The third-order valence-corrected chi connectivity index (χ3v) is 5.89. The molecule has 2 heterocycles. The number of pyridine rings is 1. The summed E-state index contributed by atoms with van der Waals surface area (Å²) in [5, 5.41) is 0. The Morgan fingerprint density at radius 2 is 2.07 bits per heavy atom. The number of hydrogen-bond donors (Lipinski definition) is 0. The Bertz CT molecular complexity index is 761. The number of nitrogens with zero attached hydrogens (tertiary/aromatic N) is 3. The fourth-order valence-electron chi connectivity index (χ4n) is 4.07. The zero-order valence-electron chi connectivity index (χ0n) is 16.7. The van der Waals surface area contributed by atoms with Gasteiger partial charge in [-0.05, 0) is 50.3 Å². The maximum Gasteiger partial charge on any atom is 0.255 e. The molecule has 1 saturated heterocycles. The highest BCUT2D eigenvalue weighted by molar-refractivity contribution is 5.98. The molecule has 0 atom stereocenters. The second-order valence-corrected chi connectivity index (χ2v) is 7.75. The van der Waals surface area contributed by atoms with E-state index in [-0.39, 0.29) is 11.5 Å². The standard InChI is InChI=1S/C21H31N3O3/c1-22(10-7-16-8-11-24(12-9-16)13-14-27-3)21(26)19-15-23(2)20(25)18-6-4-5-17(18)19/h4-5,15-16H,6-14H2,1-3H3. The van der Waals surface area contributed by atoms with E-state index >= 15 is 0 Å². The molecule has 2 aliphatic rings. The van der Waals surface area contributed by atoms with Crippen LogP contribution in [0.15, 0.2) is 17.1 Å². The molecule has 0 saturated carbocycles. The van der Waals surface area contributed by atoms with Crippen molar-refractivity contribution in [1.82, 2.24) is 14.4 Å². The molecule has 1 aromatic rings. The lowest BCUT2D eigenvalue weighted by molar-refractivity contribution is 0.0770. The summed E-state index contributed by atoms with van der Waals surface area (Å²) in [4.78, 5) is 29.4. The Balaban J connectivity index is 1.55. The third-order valence-electron chi connectivity index (χ3n) is 5.89. The molecule has 0 N–H and O–H groups in total. The van der Waals surface area contributed by atoms with E-state index < -0.39 is 0 Å². The van der Waals surface area contributed by atoms with Crippen molar-refractivity contribution in [3.05, 3.63) is 39.3 Å². The van der Waals surface area contributed by atoms with Gasteiger partial charge in [0.2, 0.25) is 0 Å². The Morgan fingerprint density at radius 1 is 1.33 bits per heavy atom. The topological polar surface area (TPSA) is 54.8 Å². The van der Waals surface area contributed by atoms with Crippen LogP contribution in [0.5, 0.6) is 0 Å². The van der Waals surface area contributed by atoms with Gasteiger partial charge in [-0.2, -0.15) is 0 Å². The molecule has 1 aliphatic carbocycles. The van der Waals surface area contributed by atoms with Crippen molar-refractivity contribution in [2.24, 2.45) is 13.0 Å². The van der Waals surface area contributed by atoms with Gasteiger partial charge in [-0.15, -0.1) is 0 Å². The van der Waals surface area contributed by atoms with Crippen molar-refractivity contribution in [1.29, 1.82) is 0 Å². The predicted molar refractivity (Wildman–Crippen MR) is 107 cm³/mol. The first-order valence-electron chi connectivity index (χ1n) is 9.87. The van der Waals surface area contributed by atoms with Gasteiger partial charge >= 0.3 is 0 Å². The number of likely N-dealkylation sites (tertiary alicyclic amines) is 1. The number of carbonyl (C=O) groups is 1. The molecule has 3 rings (SSSR count). The lowest BCUT2D eigenvalue weighted by Gasteiger charge is -2.32. The number of methoxy groups -OCH3 is 1. The number of carbonyl (C=O) groups excluding carboxylic acids is 1. The molecule has 27 heavy (non-hydrogen) atoms. The molecular weight excluding hydrogens is 342 g/mol. The minimum absolute atomic E-state index is 0.00515. The average Bonchev–Trinajstić information content (AvgIpc) is 3.17. The molecule has 0 radical (unpaired) electrons. The zero-order valence-corrected chi connectivity index (χ0v) is 16.7. The number of piperidine rings is 1. The van der Waals surface area contributed by atoms with Crippen LogP contribution < -0.4 is 5.56 Å². The number of amides is 1. The number of rotatable bonds is 7. The molecule has 1 amide bonds. The van der Waals surface area contributed by atoms with Crippen molar-refractivity contribution in [2.75, 3.05) is 46.9 Å². The van der Waals surface area contributed by atoms with Crippen molar-refractivity contribution in [3.8, 4) is 0 Å². The Labute approximate surface area is 161 Å². The van der Waals surface area contributed by atoms with Crippen LogP contribution in [-0.2, 0) is 18.2 Å². The van der Waals surface area contributed by atoms with Crippen LogP contribution in [0, 0.1) is 5.92 Å². The second-order valence-electron chi connectivity index (χ2n) is 7.75. The minimum Gasteiger partial charge on any atom is -0.383 e. The Morgan fingerprint density at radius 3 is 2.78 bits per heavy atom. The number of allylic oxidation sites excluding steroid dienone is 1. The highest BCUT2D eigenvalue weighted by atomic mass is 16.5. The van der Waals surface area contributed by atoms with E-state index in [9.17, 15) is 9.59 Å². The summed E-state index contributed by atoms with van der Waals surface area (Å²) >= 11 is 0. The van der Waals surface area contributed by atoms with Crippen LogP contribution in [0.1, 0.15) is 40.7 Å². The van der Waals surface area contributed by atoms with Gasteiger partial charge in [0, 0.05) is 46.1 Å². The fourth-order valence-corrected chi connectivity index (χ4v) is 4.07. The summed E-state index contributed by atoms with van der Waals surface area (Å²) in [6.45, 7) is 4.78. The number of aryl methyl sites for hydroxylation is 1. The van der Waals surface area contributed by atoms with E-state index in [1.54, 1.807) is 20.4 Å². The van der Waals surface area contributed by atoms with E-state index in [2.05, 4.69) is 4.90 Å². The Kier molecular flexibility index (Phi) is 6.50. The number of aromatic nitrogens is 1. The molecular formula is C21H31N3O3. The molecule has 1 aliphatic heterocycles. The molecule has 1 fully saturated rings. The number of ether oxygens (including phenoxy) is 1. The fraction of sp³-hybridized carbons (Fsp3) is 0.619. The first-order valence-corrected chi connectivity index (χ1v) is 9.87. The van der Waals surface area contributed by atoms with Gasteiger partial charge in [0.15, 0.2) is 0 Å². The lowest BCUT2D eigenvalue weighted by Crippen LogP contribution is -2.37. The molecule has 0 bridgehead atoms. The predicted octanol–water partition coefficient (Wildman–Crippen LogP) is 1.78. The largest absolute Gasteiger partial charge is 0.383 e. The molecule has 148 valence electrons. The smallest absolute Gasteiger partial charge is 0.255 e. The van der Waals surface area contributed by atoms with E-state index in [0.29, 0.717) is 17.9 Å². The van der Waals surface area contributed by atoms with Crippen LogP contribution in [0.4, 0.5) is 0 Å². The molecule has 0 aromatic carbocycles. The average molecular weight is 373 g/mol. The summed E-state index contributed by atoms with van der Waals surface area (Å²) < 4.78 is 6.68. The summed E-state index contributed by atoms with van der Waals surface area (Å²) in [5.74, 6) is 0.677. The van der Waals surface area contributed by atoms with Gasteiger partial charge in [-0.1, -0.05) is 12.2 Å². The molecule has 6 nitrogen and oxygen atoms in total. The van der Waals surface area contributed by atoms with Crippen LogP contribution in [-0.4, -0.2) is 67.2 Å². The van der Waals surface area contributed by atoms with Crippen molar-refractivity contribution >= 4 is 12.0 Å². The Hall–Kier alpha value is -1.92. The monoisotopic (exact) mass is 373 g/mol. The maximum absolute atomic E-state index is 13.0. The minimum atomic E-state index is -0.00515. The van der Waals surface area contributed by atoms with Crippen LogP contribution >= 0.6 is 0 Å². The normalized spacial score (nSPS) is 17.3. The number of fused-ring (bicyclic) bond motifs is 1. The third kappa shape index (κ3) is 4.50. The summed E-state index contributed by atoms with van der Waals surface area (Å²) in [6, 6.07) is 0. The van der Waals surface area contributed by atoms with E-state index in [0.717, 1.165) is 50.3 Å². The number of hydrogen-bond acceptors (Lipinski definition) is 4. The van der Waals surface area contributed by atoms with Gasteiger partial charge in [0.1, 0.15) is 0 Å². The van der Waals surface area contributed by atoms with Crippen molar-refractivity contribution < 1.29 is 9.53 Å². The van der Waals surface area contributed by atoms with E-state index in [4.69, 9.17) is 4.74 Å². The maximum atomic E-state index is 13.0. The van der Waals surface area contributed by atoms with Gasteiger partial charge in [0.05, 0.1) is 12.2 Å². The van der Waals surface area contributed by atoms with Crippen LogP contribution in [0.3, 0.4) is 0 Å². The van der Waals surface area contributed by atoms with Gasteiger partial charge in [-0.25, -0.2) is 0 Å². The molecule has 0 unspecified atom stereocenters. The van der Waals surface area contributed by atoms with Crippen LogP contribution in [0.25, 0.3) is 6.08 Å². The lowest BCUT2D eigenvalue weighted by atomic mass is 9.93. The highest BCUT2D eigenvalue weighted by Gasteiger charge is 2.24. The van der Waals surface area contributed by atoms with Crippen molar-refractivity contribution in [2.45, 2.75) is 25.7 Å². The summed E-state index contributed by atoms with van der Waals surface area (Å²) in [6.07, 6.45) is 9.57.